The first-order valence-corrected chi connectivity index (χ1v) is 7.42. The van der Waals surface area contributed by atoms with E-state index in [0.717, 1.165) is 5.56 Å². The van der Waals surface area contributed by atoms with Gasteiger partial charge in [0.2, 0.25) is 0 Å². The number of sulfone groups is 1. The van der Waals surface area contributed by atoms with E-state index in [1.807, 2.05) is 4.90 Å². The third kappa shape index (κ3) is 4.82. The number of hydrogen-bond acceptors (Lipinski definition) is 4. The van der Waals surface area contributed by atoms with Gasteiger partial charge < -0.3 is 4.90 Å². The molecule has 0 aliphatic carbocycles. The van der Waals surface area contributed by atoms with E-state index in [9.17, 15) is 12.8 Å². The highest BCUT2D eigenvalue weighted by Crippen LogP contribution is 2.11. The summed E-state index contributed by atoms with van der Waals surface area (Å²) in [6.07, 6.45) is 1.19. The maximum Gasteiger partial charge on any atom is 0.148 e. The zero-order valence-electron chi connectivity index (χ0n) is 10.4. The molecule has 0 saturated carbocycles. The average Bonchev–Trinajstić information content (AvgIpc) is 2.28. The molecule has 0 amide bonds. The monoisotopic (exact) mass is 270 g/mol. The normalized spacial score (nSPS) is 11.5. The summed E-state index contributed by atoms with van der Waals surface area (Å²) in [6, 6.07) is 6.09. The fraction of sp³-hybridized carbons (Fsp3) is 0.417. The number of benzene rings is 1. The van der Waals surface area contributed by atoms with Gasteiger partial charge in [-0.15, -0.1) is 0 Å². The van der Waals surface area contributed by atoms with Gasteiger partial charge in [0.1, 0.15) is 21.7 Å². The van der Waals surface area contributed by atoms with E-state index >= 15 is 0 Å². The van der Waals surface area contributed by atoms with Crippen LogP contribution in [0.2, 0.25) is 0 Å². The smallest absolute Gasteiger partial charge is 0.148 e. The van der Waals surface area contributed by atoms with Crippen molar-refractivity contribution < 1.29 is 12.8 Å². The van der Waals surface area contributed by atoms with Crippen molar-refractivity contribution >= 4 is 9.84 Å². The Morgan fingerprint density at radius 3 is 2.67 bits per heavy atom. The molecule has 0 aliphatic heterocycles. The molecule has 0 bridgehead atoms. The molecule has 1 aromatic rings. The molecule has 0 aromatic heterocycles. The molecular formula is C12H15FN2O2S. The van der Waals surface area contributed by atoms with Crippen LogP contribution in [0, 0.1) is 17.1 Å². The first kappa shape index (κ1) is 14.6. The van der Waals surface area contributed by atoms with Crippen LogP contribution in [-0.4, -0.2) is 38.9 Å². The van der Waals surface area contributed by atoms with Crippen molar-refractivity contribution in [1.29, 1.82) is 5.26 Å². The van der Waals surface area contributed by atoms with Crippen LogP contribution in [0.25, 0.3) is 0 Å². The molecule has 1 rings (SSSR count). The van der Waals surface area contributed by atoms with Crippen LogP contribution in [0.5, 0.6) is 0 Å². The number of nitriles is 1. The van der Waals surface area contributed by atoms with Crippen LogP contribution in [0.15, 0.2) is 18.2 Å². The van der Waals surface area contributed by atoms with E-state index in [2.05, 4.69) is 0 Å². The second-order valence-corrected chi connectivity index (χ2v) is 6.55. The molecule has 0 atom stereocenters. The molecule has 18 heavy (non-hydrogen) atoms. The first-order chi connectivity index (χ1) is 8.31. The van der Waals surface area contributed by atoms with Gasteiger partial charge in [0.25, 0.3) is 0 Å². The molecule has 1 aromatic carbocycles. The summed E-state index contributed by atoms with van der Waals surface area (Å²) in [5, 5.41) is 8.70. The first-order valence-electron chi connectivity index (χ1n) is 5.36. The summed E-state index contributed by atoms with van der Waals surface area (Å²) in [4.78, 5) is 1.81. The Bertz CT molecular complexity index is 564. The quantitative estimate of drug-likeness (QED) is 0.806. The van der Waals surface area contributed by atoms with Gasteiger partial charge >= 0.3 is 0 Å². The Balaban J connectivity index is 2.65. The summed E-state index contributed by atoms with van der Waals surface area (Å²) in [5.41, 5.74) is 0.785. The minimum Gasteiger partial charge on any atom is -0.301 e. The van der Waals surface area contributed by atoms with Gasteiger partial charge in [-0.25, -0.2) is 12.8 Å². The van der Waals surface area contributed by atoms with Gasteiger partial charge in [-0.2, -0.15) is 5.26 Å². The highest BCUT2D eigenvalue weighted by molar-refractivity contribution is 7.90. The van der Waals surface area contributed by atoms with Gasteiger partial charge in [-0.05, 0) is 24.7 Å². The number of hydrogen-bond donors (Lipinski definition) is 0. The van der Waals surface area contributed by atoms with Crippen molar-refractivity contribution in [3.8, 4) is 6.07 Å². The van der Waals surface area contributed by atoms with Crippen LogP contribution in [-0.2, 0) is 16.4 Å². The summed E-state index contributed by atoms with van der Waals surface area (Å²) >= 11 is 0. The Morgan fingerprint density at radius 1 is 1.44 bits per heavy atom. The lowest BCUT2D eigenvalue weighted by molar-refractivity contribution is 0.346. The standard InChI is InChI=1S/C12H15FN2O2S/c1-15(5-6-18(2,16)17)9-10-3-4-12(13)11(7-10)8-14/h3-4,7H,5-6,9H2,1-2H3. The Kier molecular flexibility index (Phi) is 4.82. The lowest BCUT2D eigenvalue weighted by atomic mass is 10.1. The number of nitrogens with zero attached hydrogens (tertiary/aromatic N) is 2. The van der Waals surface area contributed by atoms with Crippen molar-refractivity contribution in [1.82, 2.24) is 4.90 Å². The molecule has 0 N–H and O–H groups in total. The van der Waals surface area contributed by atoms with Crippen molar-refractivity contribution in [2.75, 3.05) is 25.6 Å². The van der Waals surface area contributed by atoms with E-state index < -0.39 is 15.7 Å². The maximum absolute atomic E-state index is 13.1. The van der Waals surface area contributed by atoms with Gasteiger partial charge in [-0.3, -0.25) is 0 Å². The van der Waals surface area contributed by atoms with E-state index in [0.29, 0.717) is 13.1 Å². The average molecular weight is 270 g/mol. The Morgan fingerprint density at radius 2 is 2.11 bits per heavy atom. The highest BCUT2D eigenvalue weighted by Gasteiger charge is 2.08. The second kappa shape index (κ2) is 5.94. The molecule has 6 heteroatoms. The van der Waals surface area contributed by atoms with Gasteiger partial charge in [0, 0.05) is 19.3 Å². The molecule has 0 spiro atoms. The van der Waals surface area contributed by atoms with Crippen molar-refractivity contribution in [3.05, 3.63) is 35.1 Å². The van der Waals surface area contributed by atoms with Crippen LogP contribution in [0.1, 0.15) is 11.1 Å². The molecule has 4 nitrogen and oxygen atoms in total. The highest BCUT2D eigenvalue weighted by atomic mass is 32.2. The molecule has 0 radical (unpaired) electrons. The summed E-state index contributed by atoms with van der Waals surface area (Å²) in [7, 11) is -1.21. The van der Waals surface area contributed by atoms with Crippen molar-refractivity contribution in [2.45, 2.75) is 6.54 Å². The Labute approximate surface area is 107 Å². The van der Waals surface area contributed by atoms with Crippen LogP contribution in [0.3, 0.4) is 0 Å². The third-order valence-corrected chi connectivity index (χ3v) is 3.37. The molecule has 0 unspecified atom stereocenters. The molecular weight excluding hydrogens is 255 g/mol. The van der Waals surface area contributed by atoms with E-state index in [4.69, 9.17) is 5.26 Å². The summed E-state index contributed by atoms with van der Waals surface area (Å²) in [6.45, 7) is 0.878. The lowest BCUT2D eigenvalue weighted by Crippen LogP contribution is -2.24. The second-order valence-electron chi connectivity index (χ2n) is 4.29. The summed E-state index contributed by atoms with van der Waals surface area (Å²) < 4.78 is 35.1. The predicted octanol–water partition coefficient (Wildman–Crippen LogP) is 1.17. The van der Waals surface area contributed by atoms with Crippen LogP contribution >= 0.6 is 0 Å². The van der Waals surface area contributed by atoms with E-state index in [1.54, 1.807) is 19.2 Å². The van der Waals surface area contributed by atoms with Crippen molar-refractivity contribution in [3.63, 3.8) is 0 Å². The predicted molar refractivity (Wildman–Crippen MR) is 67.2 cm³/mol. The molecule has 0 saturated heterocycles. The molecule has 0 heterocycles. The molecule has 0 aliphatic rings. The third-order valence-electron chi connectivity index (χ3n) is 2.45. The van der Waals surface area contributed by atoms with E-state index in [-0.39, 0.29) is 11.3 Å². The van der Waals surface area contributed by atoms with Gasteiger partial charge in [0.15, 0.2) is 0 Å². The zero-order valence-corrected chi connectivity index (χ0v) is 11.2. The largest absolute Gasteiger partial charge is 0.301 e. The number of halogens is 1. The fourth-order valence-electron chi connectivity index (χ4n) is 1.47. The van der Waals surface area contributed by atoms with Crippen LogP contribution in [0.4, 0.5) is 4.39 Å². The lowest BCUT2D eigenvalue weighted by Gasteiger charge is -2.16. The topological polar surface area (TPSA) is 61.2 Å². The molecule has 0 fully saturated rings. The zero-order chi connectivity index (χ0) is 13.8. The minimum atomic E-state index is -2.99. The maximum atomic E-state index is 13.1. The van der Waals surface area contributed by atoms with Crippen LogP contribution < -0.4 is 0 Å². The minimum absolute atomic E-state index is 0.00372. The van der Waals surface area contributed by atoms with E-state index in [1.165, 1.54) is 18.4 Å². The SMILES string of the molecule is CN(CCS(C)(=O)=O)Cc1ccc(F)c(C#N)c1. The van der Waals surface area contributed by atoms with Crippen molar-refractivity contribution in [2.24, 2.45) is 0 Å². The number of rotatable bonds is 5. The molecule has 98 valence electrons. The fourth-order valence-corrected chi connectivity index (χ4v) is 2.11. The summed E-state index contributed by atoms with van der Waals surface area (Å²) in [5.74, 6) is -0.462. The van der Waals surface area contributed by atoms with Gasteiger partial charge in [-0.1, -0.05) is 6.07 Å². The Hall–Kier alpha value is -1.45. The van der Waals surface area contributed by atoms with Gasteiger partial charge in [0.05, 0.1) is 11.3 Å².